The topological polar surface area (TPSA) is 75.2 Å². The molecule has 0 fully saturated rings. The third-order valence-corrected chi connectivity index (χ3v) is 4.10. The van der Waals surface area contributed by atoms with Gasteiger partial charge in [0.15, 0.2) is 0 Å². The lowest BCUT2D eigenvalue weighted by Gasteiger charge is -2.30. The molecule has 1 aromatic heterocycles. The van der Waals surface area contributed by atoms with Gasteiger partial charge in [-0.2, -0.15) is 5.10 Å². The van der Waals surface area contributed by atoms with E-state index in [0.29, 0.717) is 12.3 Å². The molecule has 136 valence electrons. The van der Waals surface area contributed by atoms with Gasteiger partial charge in [0, 0.05) is 16.7 Å². The summed E-state index contributed by atoms with van der Waals surface area (Å²) >= 11 is 0. The molecular formula is C20H28N2O3. The minimum absolute atomic E-state index is 0.0819. The first-order valence-electron chi connectivity index (χ1n) is 8.56. The first-order valence-corrected chi connectivity index (χ1v) is 8.56. The summed E-state index contributed by atoms with van der Waals surface area (Å²) < 4.78 is 6.03. The van der Waals surface area contributed by atoms with Crippen LogP contribution in [0.4, 0.5) is 0 Å². The molecule has 0 amide bonds. The molecule has 2 rings (SSSR count). The highest BCUT2D eigenvalue weighted by atomic mass is 16.5. The van der Waals surface area contributed by atoms with E-state index in [9.17, 15) is 4.79 Å². The monoisotopic (exact) mass is 344 g/mol. The van der Waals surface area contributed by atoms with Crippen molar-refractivity contribution in [2.75, 3.05) is 6.61 Å². The number of ether oxygens (including phenoxy) is 1. The highest BCUT2D eigenvalue weighted by Crippen LogP contribution is 2.42. The van der Waals surface area contributed by atoms with Gasteiger partial charge in [0.1, 0.15) is 11.4 Å². The Morgan fingerprint density at radius 1 is 1.08 bits per heavy atom. The molecule has 5 nitrogen and oxygen atoms in total. The van der Waals surface area contributed by atoms with Crippen LogP contribution in [0.15, 0.2) is 18.2 Å². The number of aromatic amines is 1. The van der Waals surface area contributed by atoms with Gasteiger partial charge in [-0.15, -0.1) is 0 Å². The molecular weight excluding hydrogens is 316 g/mol. The van der Waals surface area contributed by atoms with E-state index in [4.69, 9.17) is 9.84 Å². The summed E-state index contributed by atoms with van der Waals surface area (Å²) in [6.07, 6.45) is 0. The van der Waals surface area contributed by atoms with Crippen molar-refractivity contribution in [3.05, 3.63) is 35.0 Å². The summed E-state index contributed by atoms with van der Waals surface area (Å²) in [5.41, 5.74) is 3.55. The molecule has 0 saturated carbocycles. The first kappa shape index (κ1) is 19.0. The Labute approximate surface area is 149 Å². The molecule has 25 heavy (non-hydrogen) atoms. The Hall–Kier alpha value is -2.30. The molecule has 0 aliphatic rings. The van der Waals surface area contributed by atoms with Crippen molar-refractivity contribution in [3.8, 4) is 17.0 Å². The van der Waals surface area contributed by atoms with E-state index >= 15 is 0 Å². The molecule has 0 bridgehead atoms. The Kier molecular flexibility index (Phi) is 4.98. The standard InChI is InChI=1S/C20H28N2O3/c1-8-25-17-13(19(2,3)4)9-12(10-14(17)20(5,6)7)15-11-16(18(23)24)22-21-15/h9-11H,8H2,1-7H3,(H,21,22)(H,23,24). The number of rotatable bonds is 4. The van der Waals surface area contributed by atoms with Gasteiger partial charge >= 0.3 is 5.97 Å². The van der Waals surface area contributed by atoms with Crippen molar-refractivity contribution in [1.82, 2.24) is 10.2 Å². The highest BCUT2D eigenvalue weighted by Gasteiger charge is 2.28. The van der Waals surface area contributed by atoms with Gasteiger partial charge in [-0.1, -0.05) is 41.5 Å². The number of aromatic carboxylic acids is 1. The van der Waals surface area contributed by atoms with Crippen molar-refractivity contribution >= 4 is 5.97 Å². The molecule has 0 aliphatic carbocycles. The molecule has 0 spiro atoms. The van der Waals surface area contributed by atoms with Crippen LogP contribution < -0.4 is 4.74 Å². The van der Waals surface area contributed by atoms with Crippen LogP contribution in [0.1, 0.15) is 70.1 Å². The van der Waals surface area contributed by atoms with Gasteiger partial charge in [0.2, 0.25) is 0 Å². The molecule has 0 unspecified atom stereocenters. The van der Waals surface area contributed by atoms with Gasteiger partial charge in [-0.25, -0.2) is 4.79 Å². The predicted molar refractivity (Wildman–Crippen MR) is 99.6 cm³/mol. The predicted octanol–water partition coefficient (Wildman–Crippen LogP) is 4.77. The summed E-state index contributed by atoms with van der Waals surface area (Å²) in [6.45, 7) is 15.5. The Balaban J connectivity index is 2.75. The second-order valence-corrected chi connectivity index (χ2v) is 8.31. The molecule has 2 N–H and O–H groups in total. The van der Waals surface area contributed by atoms with E-state index < -0.39 is 5.97 Å². The number of aromatic nitrogens is 2. The van der Waals surface area contributed by atoms with Gasteiger partial charge in [-0.05, 0) is 36.0 Å². The van der Waals surface area contributed by atoms with Crippen molar-refractivity contribution in [1.29, 1.82) is 0 Å². The van der Waals surface area contributed by atoms with E-state index in [2.05, 4.69) is 63.9 Å². The largest absolute Gasteiger partial charge is 0.493 e. The summed E-state index contributed by atoms with van der Waals surface area (Å²) in [5, 5.41) is 15.9. The molecule has 0 saturated heterocycles. The summed E-state index contributed by atoms with van der Waals surface area (Å²) in [5.74, 6) is -0.1000. The van der Waals surface area contributed by atoms with Crippen molar-refractivity contribution in [3.63, 3.8) is 0 Å². The fourth-order valence-electron chi connectivity index (χ4n) is 2.77. The average molecular weight is 344 g/mol. The Morgan fingerprint density at radius 2 is 1.60 bits per heavy atom. The summed E-state index contributed by atoms with van der Waals surface area (Å²) in [7, 11) is 0. The molecule has 0 radical (unpaired) electrons. The quantitative estimate of drug-likeness (QED) is 0.838. The third-order valence-electron chi connectivity index (χ3n) is 4.10. The number of carboxylic acid groups (broad SMARTS) is 1. The maximum Gasteiger partial charge on any atom is 0.353 e. The van der Waals surface area contributed by atoms with Crippen molar-refractivity contribution in [2.45, 2.75) is 59.3 Å². The second kappa shape index (κ2) is 6.54. The van der Waals surface area contributed by atoms with Crippen LogP contribution in [0, 0.1) is 0 Å². The van der Waals surface area contributed by atoms with Crippen LogP contribution in [0.2, 0.25) is 0 Å². The van der Waals surface area contributed by atoms with Gasteiger partial charge in [0.05, 0.1) is 12.3 Å². The number of hydrogen-bond acceptors (Lipinski definition) is 3. The zero-order chi connectivity index (χ0) is 19.0. The lowest BCUT2D eigenvalue weighted by atomic mass is 9.78. The van der Waals surface area contributed by atoms with E-state index in [1.807, 2.05) is 6.92 Å². The Bertz CT molecular complexity index is 742. The van der Waals surface area contributed by atoms with Crippen molar-refractivity contribution < 1.29 is 14.6 Å². The van der Waals surface area contributed by atoms with E-state index in [-0.39, 0.29) is 16.5 Å². The maximum atomic E-state index is 11.1. The molecule has 2 aromatic rings. The van der Waals surface area contributed by atoms with Crippen molar-refractivity contribution in [2.24, 2.45) is 0 Å². The fraction of sp³-hybridized carbons (Fsp3) is 0.500. The molecule has 1 aromatic carbocycles. The van der Waals surface area contributed by atoms with Crippen LogP contribution in [-0.4, -0.2) is 27.9 Å². The molecule has 0 aliphatic heterocycles. The van der Waals surface area contributed by atoms with Gasteiger partial charge in [0.25, 0.3) is 0 Å². The zero-order valence-corrected chi connectivity index (χ0v) is 16.2. The molecule has 0 atom stereocenters. The summed E-state index contributed by atoms with van der Waals surface area (Å²) in [4.78, 5) is 11.1. The second-order valence-electron chi connectivity index (χ2n) is 8.31. The van der Waals surface area contributed by atoms with Crippen LogP contribution in [0.3, 0.4) is 0 Å². The van der Waals surface area contributed by atoms with Crippen LogP contribution in [-0.2, 0) is 10.8 Å². The molecule has 1 heterocycles. The minimum Gasteiger partial charge on any atom is -0.493 e. The number of H-pyrrole nitrogens is 1. The smallest absolute Gasteiger partial charge is 0.353 e. The number of benzene rings is 1. The number of nitrogens with one attached hydrogen (secondary N) is 1. The lowest BCUT2D eigenvalue weighted by molar-refractivity contribution is 0.0690. The summed E-state index contributed by atoms with van der Waals surface area (Å²) in [6, 6.07) is 5.68. The maximum absolute atomic E-state index is 11.1. The van der Waals surface area contributed by atoms with Crippen LogP contribution in [0.5, 0.6) is 5.75 Å². The number of carboxylic acids is 1. The number of nitrogens with zero attached hydrogens (tertiary/aromatic N) is 1. The number of carbonyl (C=O) groups is 1. The zero-order valence-electron chi connectivity index (χ0n) is 16.2. The third kappa shape index (κ3) is 4.03. The van der Waals surface area contributed by atoms with E-state index in [1.54, 1.807) is 6.07 Å². The highest BCUT2D eigenvalue weighted by molar-refractivity contribution is 5.87. The SMILES string of the molecule is CCOc1c(C(C)(C)C)cc(-c2cc(C(=O)O)[nH]n2)cc1C(C)(C)C. The Morgan fingerprint density at radius 3 is 1.96 bits per heavy atom. The first-order chi connectivity index (χ1) is 11.4. The average Bonchev–Trinajstić information content (AvgIpc) is 2.95. The van der Waals surface area contributed by atoms with Crippen LogP contribution >= 0.6 is 0 Å². The van der Waals surface area contributed by atoms with Gasteiger partial charge in [-0.3, -0.25) is 5.10 Å². The number of hydrogen-bond donors (Lipinski definition) is 2. The lowest BCUT2D eigenvalue weighted by Crippen LogP contribution is -2.20. The van der Waals surface area contributed by atoms with Crippen LogP contribution in [0.25, 0.3) is 11.3 Å². The molecule has 5 heteroatoms. The van der Waals surface area contributed by atoms with E-state index in [0.717, 1.165) is 22.4 Å². The van der Waals surface area contributed by atoms with E-state index in [1.165, 1.54) is 0 Å². The normalized spacial score (nSPS) is 12.3. The fourth-order valence-corrected chi connectivity index (χ4v) is 2.77. The van der Waals surface area contributed by atoms with Gasteiger partial charge < -0.3 is 9.84 Å². The minimum atomic E-state index is -1.02.